The van der Waals surface area contributed by atoms with Crippen LogP contribution in [-0.2, 0) is 26.2 Å². The number of benzene rings is 3. The Bertz CT molecular complexity index is 1370. The van der Waals surface area contributed by atoms with Crippen LogP contribution in [0.5, 0.6) is 5.75 Å². The van der Waals surface area contributed by atoms with Gasteiger partial charge in [-0.05, 0) is 67.9 Å². The Kier molecular flexibility index (Phi) is 10.0. The molecule has 8 nitrogen and oxygen atoms in total. The number of likely N-dealkylation sites (N-methyl/N-ethyl adjacent to an activating group) is 1. The summed E-state index contributed by atoms with van der Waals surface area (Å²) in [7, 11) is -2.68. The Hall–Kier alpha value is -3.27. The molecule has 1 unspecified atom stereocenters. The van der Waals surface area contributed by atoms with Crippen molar-refractivity contribution < 1.29 is 22.7 Å². The summed E-state index contributed by atoms with van der Waals surface area (Å²) in [5.41, 5.74) is 0.858. The van der Waals surface area contributed by atoms with Gasteiger partial charge in [-0.15, -0.1) is 0 Å². The fourth-order valence-electron chi connectivity index (χ4n) is 3.74. The number of amides is 2. The third kappa shape index (κ3) is 6.98. The van der Waals surface area contributed by atoms with Crippen molar-refractivity contribution in [2.45, 2.75) is 31.3 Å². The van der Waals surface area contributed by atoms with Crippen LogP contribution in [0.4, 0.5) is 5.69 Å². The average molecular weight is 579 g/mol. The fourth-order valence-corrected chi connectivity index (χ4v) is 5.62. The first-order chi connectivity index (χ1) is 18.1. The van der Waals surface area contributed by atoms with E-state index >= 15 is 0 Å². The Morgan fingerprint density at radius 1 is 1.00 bits per heavy atom. The van der Waals surface area contributed by atoms with Gasteiger partial charge in [0.2, 0.25) is 11.8 Å². The predicted octanol–water partition coefficient (Wildman–Crippen LogP) is 4.75. The van der Waals surface area contributed by atoms with E-state index in [2.05, 4.69) is 5.32 Å². The molecule has 1 atom stereocenters. The molecule has 0 aromatic heterocycles. The molecule has 3 rings (SSSR count). The quantitative estimate of drug-likeness (QED) is 0.354. The van der Waals surface area contributed by atoms with Gasteiger partial charge in [0, 0.05) is 23.1 Å². The molecule has 0 aliphatic carbocycles. The number of hydrogen-bond acceptors (Lipinski definition) is 5. The highest BCUT2D eigenvalue weighted by atomic mass is 35.5. The van der Waals surface area contributed by atoms with E-state index in [1.54, 1.807) is 62.4 Å². The van der Waals surface area contributed by atoms with Crippen molar-refractivity contribution in [1.82, 2.24) is 10.2 Å². The number of hydrogen-bond donors (Lipinski definition) is 1. The Morgan fingerprint density at radius 2 is 1.66 bits per heavy atom. The minimum absolute atomic E-state index is 0.0148. The topological polar surface area (TPSA) is 96.0 Å². The second kappa shape index (κ2) is 13.0. The SMILES string of the molecule is CCNC(=O)C(C)N(Cc1ccc(Cl)cc1Cl)C(=O)CN(c1ccccc1)S(=O)(=O)c1ccc(OC)cc1. The number of nitrogens with zero attached hydrogens (tertiary/aromatic N) is 2. The summed E-state index contributed by atoms with van der Waals surface area (Å²) in [4.78, 5) is 27.8. The number of carbonyl (C=O) groups excluding carboxylic acids is 2. The van der Waals surface area contributed by atoms with Crippen LogP contribution in [0.3, 0.4) is 0 Å². The van der Waals surface area contributed by atoms with Crippen molar-refractivity contribution in [2.75, 3.05) is 24.5 Å². The van der Waals surface area contributed by atoms with Gasteiger partial charge in [-0.25, -0.2) is 8.42 Å². The van der Waals surface area contributed by atoms with E-state index in [0.717, 1.165) is 4.31 Å². The number of rotatable bonds is 11. The van der Waals surface area contributed by atoms with Gasteiger partial charge in [-0.2, -0.15) is 0 Å². The molecule has 0 saturated heterocycles. The zero-order valence-corrected chi connectivity index (χ0v) is 23.6. The highest BCUT2D eigenvalue weighted by Gasteiger charge is 2.32. The van der Waals surface area contributed by atoms with Crippen LogP contribution >= 0.6 is 23.2 Å². The first kappa shape index (κ1) is 29.3. The van der Waals surface area contributed by atoms with Crippen LogP contribution in [0.15, 0.2) is 77.7 Å². The number of carbonyl (C=O) groups is 2. The summed E-state index contributed by atoms with van der Waals surface area (Å²) in [5.74, 6) is -0.473. The maximum atomic E-state index is 13.8. The molecule has 3 aromatic rings. The fraction of sp³-hybridized carbons (Fsp3) is 0.259. The van der Waals surface area contributed by atoms with Gasteiger partial charge in [0.05, 0.1) is 17.7 Å². The normalized spacial score (nSPS) is 11.9. The van der Waals surface area contributed by atoms with Crippen LogP contribution in [0, 0.1) is 0 Å². The number of nitrogens with one attached hydrogen (secondary N) is 1. The smallest absolute Gasteiger partial charge is 0.264 e. The summed E-state index contributed by atoms with van der Waals surface area (Å²) < 4.78 is 33.7. The molecular weight excluding hydrogens is 549 g/mol. The van der Waals surface area contributed by atoms with Gasteiger partial charge < -0.3 is 15.0 Å². The van der Waals surface area contributed by atoms with E-state index in [1.807, 2.05) is 0 Å². The lowest BCUT2D eigenvalue weighted by molar-refractivity contribution is -0.139. The lowest BCUT2D eigenvalue weighted by Gasteiger charge is -2.32. The number of halogens is 2. The van der Waals surface area contributed by atoms with Gasteiger partial charge >= 0.3 is 0 Å². The highest BCUT2D eigenvalue weighted by molar-refractivity contribution is 7.92. The van der Waals surface area contributed by atoms with E-state index in [0.29, 0.717) is 33.6 Å². The third-order valence-electron chi connectivity index (χ3n) is 5.84. The number of ether oxygens (including phenoxy) is 1. The van der Waals surface area contributed by atoms with Crippen molar-refractivity contribution in [2.24, 2.45) is 0 Å². The average Bonchev–Trinajstić information content (AvgIpc) is 2.91. The second-order valence-electron chi connectivity index (χ2n) is 8.35. The third-order valence-corrected chi connectivity index (χ3v) is 8.22. The molecule has 0 bridgehead atoms. The van der Waals surface area contributed by atoms with Gasteiger partial charge in [0.25, 0.3) is 10.0 Å². The van der Waals surface area contributed by atoms with Crippen LogP contribution in [0.25, 0.3) is 0 Å². The van der Waals surface area contributed by atoms with Crippen molar-refractivity contribution in [1.29, 1.82) is 0 Å². The van der Waals surface area contributed by atoms with E-state index in [9.17, 15) is 18.0 Å². The molecule has 2 amide bonds. The molecule has 38 heavy (non-hydrogen) atoms. The number of para-hydroxylation sites is 1. The second-order valence-corrected chi connectivity index (χ2v) is 11.1. The summed E-state index contributed by atoms with van der Waals surface area (Å²) in [6.07, 6.45) is 0. The van der Waals surface area contributed by atoms with Crippen molar-refractivity contribution in [3.05, 3.63) is 88.4 Å². The molecule has 11 heteroatoms. The predicted molar refractivity (Wildman–Crippen MR) is 149 cm³/mol. The largest absolute Gasteiger partial charge is 0.497 e. The van der Waals surface area contributed by atoms with E-state index in [4.69, 9.17) is 27.9 Å². The summed E-state index contributed by atoms with van der Waals surface area (Å²) >= 11 is 12.4. The van der Waals surface area contributed by atoms with Crippen molar-refractivity contribution in [3.8, 4) is 5.75 Å². The molecule has 0 aliphatic rings. The molecule has 1 N–H and O–H groups in total. The Labute approximate surface area is 233 Å². The standard InChI is InChI=1S/C27H29Cl2N3O5S/c1-4-30-27(34)19(2)31(17-20-10-11-21(28)16-25(20)29)26(33)18-32(22-8-6-5-7-9-22)38(35,36)24-14-12-23(37-3)13-15-24/h5-16,19H,4,17-18H2,1-3H3,(H,30,34). The molecule has 3 aromatic carbocycles. The Morgan fingerprint density at radius 3 is 2.24 bits per heavy atom. The van der Waals surface area contributed by atoms with Crippen LogP contribution in [0.1, 0.15) is 19.4 Å². The van der Waals surface area contributed by atoms with Gasteiger partial charge in [0.15, 0.2) is 0 Å². The minimum Gasteiger partial charge on any atom is -0.497 e. The summed E-state index contributed by atoms with van der Waals surface area (Å²) in [5, 5.41) is 3.46. The first-order valence-electron chi connectivity index (χ1n) is 11.8. The molecule has 0 aliphatic heterocycles. The molecule has 202 valence electrons. The van der Waals surface area contributed by atoms with E-state index < -0.39 is 28.5 Å². The van der Waals surface area contributed by atoms with Crippen LogP contribution in [0.2, 0.25) is 10.0 Å². The maximum absolute atomic E-state index is 13.8. The molecular formula is C27H29Cl2N3O5S. The molecule has 0 heterocycles. The van der Waals surface area contributed by atoms with E-state index in [-0.39, 0.29) is 17.3 Å². The molecule has 0 fully saturated rings. The molecule has 0 spiro atoms. The lowest BCUT2D eigenvalue weighted by atomic mass is 10.1. The van der Waals surface area contributed by atoms with E-state index in [1.165, 1.54) is 36.3 Å². The number of sulfonamides is 1. The zero-order valence-electron chi connectivity index (χ0n) is 21.2. The monoisotopic (exact) mass is 577 g/mol. The maximum Gasteiger partial charge on any atom is 0.264 e. The van der Waals surface area contributed by atoms with Crippen LogP contribution < -0.4 is 14.4 Å². The van der Waals surface area contributed by atoms with Crippen LogP contribution in [-0.4, -0.2) is 51.4 Å². The van der Waals surface area contributed by atoms with Gasteiger partial charge in [-0.1, -0.05) is 47.5 Å². The molecule has 0 saturated carbocycles. The summed E-state index contributed by atoms with van der Waals surface area (Å²) in [6, 6.07) is 18.1. The highest BCUT2D eigenvalue weighted by Crippen LogP contribution is 2.27. The summed E-state index contributed by atoms with van der Waals surface area (Å²) in [6.45, 7) is 3.14. The minimum atomic E-state index is -4.16. The zero-order chi connectivity index (χ0) is 27.9. The number of methoxy groups -OCH3 is 1. The van der Waals surface area contributed by atoms with Gasteiger partial charge in [-0.3, -0.25) is 13.9 Å². The lowest BCUT2D eigenvalue weighted by Crippen LogP contribution is -2.51. The first-order valence-corrected chi connectivity index (χ1v) is 14.0. The number of anilines is 1. The van der Waals surface area contributed by atoms with Crippen molar-refractivity contribution in [3.63, 3.8) is 0 Å². The molecule has 0 radical (unpaired) electrons. The van der Waals surface area contributed by atoms with Gasteiger partial charge in [0.1, 0.15) is 18.3 Å². The van der Waals surface area contributed by atoms with Crippen molar-refractivity contribution >= 4 is 50.7 Å². The Balaban J connectivity index is 2.02.